The van der Waals surface area contributed by atoms with Gasteiger partial charge in [0.05, 0.1) is 18.3 Å². The van der Waals surface area contributed by atoms with E-state index in [0.29, 0.717) is 22.7 Å². The topological polar surface area (TPSA) is 86.2 Å². The lowest BCUT2D eigenvalue weighted by molar-refractivity contribution is -0.143. The summed E-state index contributed by atoms with van der Waals surface area (Å²) in [5, 5.41) is 0. The van der Waals surface area contributed by atoms with Gasteiger partial charge in [0, 0.05) is 42.6 Å². The second-order valence-electron chi connectivity index (χ2n) is 7.11. The first-order valence-corrected chi connectivity index (χ1v) is 9.52. The Labute approximate surface area is 175 Å². The highest BCUT2D eigenvalue weighted by Gasteiger charge is 2.27. The van der Waals surface area contributed by atoms with E-state index in [1.165, 1.54) is 6.20 Å². The van der Waals surface area contributed by atoms with Gasteiger partial charge in [-0.25, -0.2) is 9.97 Å². The highest BCUT2D eigenvalue weighted by Crippen LogP contribution is 2.27. The Balaban J connectivity index is 1.59. The van der Waals surface area contributed by atoms with Crippen molar-refractivity contribution in [2.75, 3.05) is 5.73 Å². The fraction of sp³-hybridized carbons (Fsp3) is 0.182. The van der Waals surface area contributed by atoms with E-state index in [4.69, 9.17) is 5.73 Å². The van der Waals surface area contributed by atoms with Crippen molar-refractivity contribution in [2.24, 2.45) is 0 Å². The Morgan fingerprint density at radius 2 is 1.84 bits per heavy atom. The molecule has 0 atom stereocenters. The van der Waals surface area contributed by atoms with Gasteiger partial charge < -0.3 is 5.73 Å². The average molecular weight is 425 g/mol. The first-order valence-electron chi connectivity index (χ1n) is 9.52. The predicted octanol–water partition coefficient (Wildman–Crippen LogP) is 4.49. The predicted molar refractivity (Wildman–Crippen MR) is 110 cm³/mol. The van der Waals surface area contributed by atoms with Crippen molar-refractivity contribution in [2.45, 2.75) is 25.4 Å². The number of halogens is 3. The Morgan fingerprint density at radius 1 is 1.03 bits per heavy atom. The zero-order chi connectivity index (χ0) is 22.0. The zero-order valence-corrected chi connectivity index (χ0v) is 16.3. The van der Waals surface area contributed by atoms with Crippen LogP contribution in [0.15, 0.2) is 61.2 Å². The van der Waals surface area contributed by atoms with Gasteiger partial charge in [-0.15, -0.1) is 0 Å². The Morgan fingerprint density at radius 3 is 2.61 bits per heavy atom. The van der Waals surface area contributed by atoms with Crippen LogP contribution in [0.4, 0.5) is 19.0 Å². The molecule has 0 unspecified atom stereocenters. The van der Waals surface area contributed by atoms with Gasteiger partial charge in [0.2, 0.25) is 0 Å². The van der Waals surface area contributed by atoms with Crippen molar-refractivity contribution in [1.82, 2.24) is 19.4 Å². The average Bonchev–Trinajstić information content (AvgIpc) is 3.16. The molecule has 6 nitrogen and oxygen atoms in total. The van der Waals surface area contributed by atoms with Crippen LogP contribution in [-0.2, 0) is 11.2 Å². The molecule has 0 fully saturated rings. The number of benzene rings is 1. The highest BCUT2D eigenvalue weighted by atomic mass is 19.4. The summed E-state index contributed by atoms with van der Waals surface area (Å²) in [5.74, 6) is -0.125. The minimum absolute atomic E-state index is 0.0449. The van der Waals surface area contributed by atoms with Crippen molar-refractivity contribution in [1.29, 1.82) is 0 Å². The van der Waals surface area contributed by atoms with Gasteiger partial charge in [0.25, 0.3) is 0 Å². The number of nitrogens with two attached hydrogens (primary N) is 1. The maximum atomic E-state index is 12.3. The molecule has 0 saturated heterocycles. The van der Waals surface area contributed by atoms with E-state index in [2.05, 4.69) is 15.0 Å². The number of rotatable bonds is 6. The van der Waals surface area contributed by atoms with Crippen molar-refractivity contribution in [3.05, 3.63) is 66.7 Å². The molecule has 0 aliphatic carbocycles. The molecule has 3 heterocycles. The van der Waals surface area contributed by atoms with E-state index >= 15 is 0 Å². The standard InChI is InChI=1S/C22H18F3N5O/c23-22(24,25)6-4-17(31)11-14-2-1-3-15(10-14)18-13-29-19-12-16(5-9-30(18)19)20-21(26)28-8-7-27-20/h1-3,5,7-10,12-13H,4,6,11H2,(H2,26,28). The monoisotopic (exact) mass is 425 g/mol. The lowest BCUT2D eigenvalue weighted by Gasteiger charge is -2.08. The number of anilines is 1. The summed E-state index contributed by atoms with van der Waals surface area (Å²) in [6, 6.07) is 10.9. The van der Waals surface area contributed by atoms with Crippen molar-refractivity contribution in [3.8, 4) is 22.5 Å². The molecule has 31 heavy (non-hydrogen) atoms. The number of Topliss-reactive ketones (excluding diaryl/α,β-unsaturated/α-hetero) is 1. The van der Waals surface area contributed by atoms with Crippen LogP contribution in [0.2, 0.25) is 0 Å². The van der Waals surface area contributed by atoms with E-state index in [1.807, 2.05) is 28.8 Å². The summed E-state index contributed by atoms with van der Waals surface area (Å²) < 4.78 is 38.9. The van der Waals surface area contributed by atoms with E-state index in [0.717, 1.165) is 16.8 Å². The first-order chi connectivity index (χ1) is 14.8. The molecule has 3 aromatic heterocycles. The zero-order valence-electron chi connectivity index (χ0n) is 16.3. The number of nitrogens with zero attached hydrogens (tertiary/aromatic N) is 4. The largest absolute Gasteiger partial charge is 0.389 e. The van der Waals surface area contributed by atoms with E-state index in [9.17, 15) is 18.0 Å². The number of carbonyl (C=O) groups is 1. The van der Waals surface area contributed by atoms with Gasteiger partial charge in [0.15, 0.2) is 0 Å². The van der Waals surface area contributed by atoms with Gasteiger partial charge in [-0.1, -0.05) is 18.2 Å². The van der Waals surface area contributed by atoms with Crippen LogP contribution < -0.4 is 5.73 Å². The number of ketones is 1. The number of hydrogen-bond donors (Lipinski definition) is 1. The van der Waals surface area contributed by atoms with Crippen LogP contribution in [0.3, 0.4) is 0 Å². The number of nitrogen functional groups attached to an aromatic ring is 1. The van der Waals surface area contributed by atoms with Crippen molar-refractivity contribution < 1.29 is 18.0 Å². The maximum Gasteiger partial charge on any atom is 0.389 e. The van der Waals surface area contributed by atoms with Crippen LogP contribution in [0.25, 0.3) is 28.2 Å². The van der Waals surface area contributed by atoms with Crippen LogP contribution in [0.5, 0.6) is 0 Å². The van der Waals surface area contributed by atoms with Crippen LogP contribution in [-0.4, -0.2) is 31.3 Å². The van der Waals surface area contributed by atoms with Gasteiger partial charge in [0.1, 0.15) is 22.9 Å². The first kappa shape index (κ1) is 20.5. The van der Waals surface area contributed by atoms with Gasteiger partial charge in [-0.3, -0.25) is 14.2 Å². The smallest absolute Gasteiger partial charge is 0.382 e. The third-order valence-electron chi connectivity index (χ3n) is 4.82. The molecule has 0 bridgehead atoms. The maximum absolute atomic E-state index is 12.3. The highest BCUT2D eigenvalue weighted by molar-refractivity contribution is 5.81. The molecule has 0 spiro atoms. The summed E-state index contributed by atoms with van der Waals surface area (Å²) in [6.45, 7) is 0. The summed E-state index contributed by atoms with van der Waals surface area (Å²) in [6.07, 6.45) is 0.626. The number of aromatic nitrogens is 4. The van der Waals surface area contributed by atoms with Crippen molar-refractivity contribution in [3.63, 3.8) is 0 Å². The molecule has 0 aliphatic rings. The summed E-state index contributed by atoms with van der Waals surface area (Å²) in [7, 11) is 0. The molecule has 0 radical (unpaired) electrons. The van der Waals surface area contributed by atoms with Crippen molar-refractivity contribution >= 4 is 17.2 Å². The molecular formula is C22H18F3N5O. The molecule has 4 aromatic rings. The molecule has 4 rings (SSSR count). The Bertz CT molecular complexity index is 1250. The van der Waals surface area contributed by atoms with Gasteiger partial charge >= 0.3 is 6.18 Å². The molecule has 1 aromatic carbocycles. The molecule has 0 amide bonds. The summed E-state index contributed by atoms with van der Waals surface area (Å²) >= 11 is 0. The minimum Gasteiger partial charge on any atom is -0.382 e. The second-order valence-corrected chi connectivity index (χ2v) is 7.11. The third kappa shape index (κ3) is 4.71. The van der Waals surface area contributed by atoms with E-state index in [1.54, 1.807) is 30.6 Å². The van der Waals surface area contributed by atoms with E-state index in [-0.39, 0.29) is 6.42 Å². The number of hydrogen-bond acceptors (Lipinski definition) is 5. The summed E-state index contributed by atoms with van der Waals surface area (Å²) in [4.78, 5) is 24.7. The minimum atomic E-state index is -4.33. The number of alkyl halides is 3. The molecule has 2 N–H and O–H groups in total. The molecule has 9 heteroatoms. The van der Waals surface area contributed by atoms with Crippen LogP contribution in [0.1, 0.15) is 18.4 Å². The second kappa shape index (κ2) is 8.17. The Kier molecular flexibility index (Phi) is 5.41. The number of imidazole rings is 1. The molecule has 158 valence electrons. The number of fused-ring (bicyclic) bond motifs is 1. The number of carbonyl (C=O) groups excluding carboxylic acids is 1. The van der Waals surface area contributed by atoms with Crippen LogP contribution in [0, 0.1) is 0 Å². The molecular weight excluding hydrogens is 407 g/mol. The normalized spacial score (nSPS) is 11.7. The van der Waals surface area contributed by atoms with Crippen LogP contribution >= 0.6 is 0 Å². The van der Waals surface area contributed by atoms with E-state index < -0.39 is 24.8 Å². The molecule has 0 aliphatic heterocycles. The summed E-state index contributed by atoms with van der Waals surface area (Å²) in [5.41, 5.74) is 10.2. The third-order valence-corrected chi connectivity index (χ3v) is 4.82. The fourth-order valence-electron chi connectivity index (χ4n) is 3.35. The van der Waals surface area contributed by atoms with Gasteiger partial charge in [-0.05, 0) is 23.8 Å². The fourth-order valence-corrected chi connectivity index (χ4v) is 3.35. The van der Waals surface area contributed by atoms with Gasteiger partial charge in [-0.2, -0.15) is 13.2 Å². The Hall–Kier alpha value is -3.75. The molecule has 0 saturated carbocycles. The lowest BCUT2D eigenvalue weighted by Crippen LogP contribution is -2.12. The lowest BCUT2D eigenvalue weighted by atomic mass is 10.0. The number of pyridine rings is 1. The SMILES string of the molecule is Nc1nccnc1-c1ccn2c(-c3cccc(CC(=O)CCC(F)(F)F)c3)cnc2c1. The quantitative estimate of drug-likeness (QED) is 0.492.